The van der Waals surface area contributed by atoms with E-state index in [0.29, 0.717) is 29.9 Å². The van der Waals surface area contributed by atoms with Gasteiger partial charge in [0.05, 0.1) is 23.6 Å². The molecule has 178 valence electrons. The van der Waals surface area contributed by atoms with Gasteiger partial charge in [-0.15, -0.1) is 0 Å². The molecule has 1 aliphatic rings. The summed E-state index contributed by atoms with van der Waals surface area (Å²) in [6.45, 7) is 4.05. The van der Waals surface area contributed by atoms with Gasteiger partial charge in [-0.25, -0.2) is 9.59 Å². The molecule has 34 heavy (non-hydrogen) atoms. The van der Waals surface area contributed by atoms with Gasteiger partial charge in [0, 0.05) is 29.6 Å². The lowest BCUT2D eigenvalue weighted by molar-refractivity contribution is -0.384. The average molecular weight is 487 g/mol. The van der Waals surface area contributed by atoms with Crippen molar-refractivity contribution >= 4 is 40.9 Å². The molecule has 1 unspecified atom stereocenters. The normalized spacial score (nSPS) is 15.6. The van der Waals surface area contributed by atoms with Crippen LogP contribution in [0.5, 0.6) is 0 Å². The number of nitro groups is 1. The van der Waals surface area contributed by atoms with Crippen molar-refractivity contribution < 1.29 is 24.0 Å². The molecule has 2 N–H and O–H groups in total. The van der Waals surface area contributed by atoms with Crippen LogP contribution in [-0.2, 0) is 9.53 Å². The quantitative estimate of drug-likeness (QED) is 0.338. The van der Waals surface area contributed by atoms with E-state index in [9.17, 15) is 24.5 Å². The monoisotopic (exact) mass is 486 g/mol. The Morgan fingerprint density at radius 3 is 2.65 bits per heavy atom. The van der Waals surface area contributed by atoms with Crippen molar-refractivity contribution in [3.63, 3.8) is 0 Å². The van der Waals surface area contributed by atoms with Gasteiger partial charge >= 0.3 is 12.0 Å². The Bertz CT molecular complexity index is 1200. The van der Waals surface area contributed by atoms with E-state index in [4.69, 9.17) is 16.3 Å². The molecule has 0 saturated heterocycles. The van der Waals surface area contributed by atoms with Crippen LogP contribution in [0.25, 0.3) is 0 Å². The Hall–Kier alpha value is -3.92. The summed E-state index contributed by atoms with van der Waals surface area (Å²) in [5.41, 5.74) is 1.36. The number of nitrogens with one attached hydrogen (secondary N) is 2. The number of ether oxygens (including phenoxy) is 1. The molecule has 1 heterocycles. The van der Waals surface area contributed by atoms with Crippen LogP contribution in [0.15, 0.2) is 53.7 Å². The largest absolute Gasteiger partial charge is 0.466 e. The van der Waals surface area contributed by atoms with E-state index in [1.54, 1.807) is 31.2 Å². The Morgan fingerprint density at radius 2 is 2.00 bits per heavy atom. The lowest BCUT2D eigenvalue weighted by Gasteiger charge is -2.35. The molecular weight excluding hydrogens is 464 g/mol. The van der Waals surface area contributed by atoms with Crippen LogP contribution in [0.4, 0.5) is 16.2 Å². The van der Waals surface area contributed by atoms with E-state index in [2.05, 4.69) is 10.6 Å². The molecule has 0 bridgehead atoms. The molecule has 0 aliphatic carbocycles. The third kappa shape index (κ3) is 5.01. The molecular formula is C23H23ClN4O6. The SMILES string of the molecule is CCCN1C(=O)NC(c2cccc(NC(=O)c3ccc(Cl)c([N+](=O)[O-])c3)c2)C(C(=O)OC)=C1C. The van der Waals surface area contributed by atoms with Crippen molar-refractivity contribution in [1.82, 2.24) is 10.2 Å². The Kier molecular flexibility index (Phi) is 7.52. The van der Waals surface area contributed by atoms with Gasteiger partial charge in [-0.3, -0.25) is 19.8 Å². The summed E-state index contributed by atoms with van der Waals surface area (Å²) in [5, 5.41) is 16.5. The lowest BCUT2D eigenvalue weighted by Crippen LogP contribution is -2.48. The van der Waals surface area contributed by atoms with Crippen molar-refractivity contribution in [3.05, 3.63) is 80.0 Å². The predicted molar refractivity (Wildman–Crippen MR) is 125 cm³/mol. The highest BCUT2D eigenvalue weighted by Crippen LogP contribution is 2.32. The van der Waals surface area contributed by atoms with Crippen molar-refractivity contribution in [2.75, 3.05) is 19.0 Å². The van der Waals surface area contributed by atoms with Gasteiger partial charge in [-0.05, 0) is 43.2 Å². The number of allylic oxidation sites excluding steroid dienone is 1. The number of urea groups is 1. The summed E-state index contributed by atoms with van der Waals surface area (Å²) in [6.07, 6.45) is 0.703. The number of hydrogen-bond donors (Lipinski definition) is 2. The number of esters is 1. The third-order valence-corrected chi connectivity index (χ3v) is 5.65. The molecule has 2 aromatic carbocycles. The topological polar surface area (TPSA) is 131 Å². The zero-order chi connectivity index (χ0) is 25.0. The highest BCUT2D eigenvalue weighted by atomic mass is 35.5. The van der Waals surface area contributed by atoms with Crippen molar-refractivity contribution in [2.24, 2.45) is 0 Å². The van der Waals surface area contributed by atoms with Gasteiger partial charge < -0.3 is 15.4 Å². The zero-order valence-electron chi connectivity index (χ0n) is 18.8. The number of methoxy groups -OCH3 is 1. The van der Waals surface area contributed by atoms with Gasteiger partial charge in [0.15, 0.2) is 0 Å². The van der Waals surface area contributed by atoms with E-state index in [-0.39, 0.29) is 27.9 Å². The number of hydrogen-bond acceptors (Lipinski definition) is 6. The number of amides is 3. The average Bonchev–Trinajstić information content (AvgIpc) is 2.81. The first-order chi connectivity index (χ1) is 16.2. The number of anilines is 1. The molecule has 0 fully saturated rings. The minimum absolute atomic E-state index is 0.0497. The Morgan fingerprint density at radius 1 is 1.26 bits per heavy atom. The molecule has 1 atom stereocenters. The molecule has 0 aromatic heterocycles. The minimum Gasteiger partial charge on any atom is -0.466 e. The van der Waals surface area contributed by atoms with Crippen LogP contribution in [0, 0.1) is 10.1 Å². The van der Waals surface area contributed by atoms with Crippen LogP contribution in [0.2, 0.25) is 5.02 Å². The second-order valence-corrected chi connectivity index (χ2v) is 7.93. The first-order valence-electron chi connectivity index (χ1n) is 10.4. The molecule has 11 heteroatoms. The molecule has 3 amide bonds. The zero-order valence-corrected chi connectivity index (χ0v) is 19.5. The van der Waals surface area contributed by atoms with Crippen LogP contribution in [0.1, 0.15) is 42.2 Å². The summed E-state index contributed by atoms with van der Waals surface area (Å²) in [7, 11) is 1.27. The molecule has 10 nitrogen and oxygen atoms in total. The van der Waals surface area contributed by atoms with E-state index in [0.717, 1.165) is 6.07 Å². The summed E-state index contributed by atoms with van der Waals surface area (Å²) in [6, 6.07) is 9.20. The maximum absolute atomic E-state index is 12.7. The molecule has 1 aliphatic heterocycles. The first-order valence-corrected chi connectivity index (χ1v) is 10.8. The number of benzene rings is 2. The standard InChI is InChI=1S/C23H23ClN4O6/c1-4-10-27-13(2)19(22(30)34-3)20(26-23(27)31)14-6-5-7-16(11-14)25-21(29)15-8-9-17(24)18(12-15)28(32)33/h5-9,11-12,20H,4,10H2,1-3H3,(H,25,29)(H,26,31). The van der Waals surface area contributed by atoms with E-state index in [1.165, 1.54) is 24.1 Å². The lowest BCUT2D eigenvalue weighted by atomic mass is 9.94. The highest BCUT2D eigenvalue weighted by molar-refractivity contribution is 6.32. The number of nitro benzene ring substituents is 1. The molecule has 0 spiro atoms. The van der Waals surface area contributed by atoms with Crippen molar-refractivity contribution in [1.29, 1.82) is 0 Å². The smallest absolute Gasteiger partial charge is 0.337 e. The van der Waals surface area contributed by atoms with Crippen LogP contribution in [-0.4, -0.2) is 41.4 Å². The second-order valence-electron chi connectivity index (χ2n) is 7.53. The van der Waals surface area contributed by atoms with E-state index < -0.39 is 22.8 Å². The molecule has 0 radical (unpaired) electrons. The van der Waals surface area contributed by atoms with Gasteiger partial charge in [0.2, 0.25) is 0 Å². The minimum atomic E-state index is -0.790. The number of carbonyl (C=O) groups excluding carboxylic acids is 3. The number of rotatable bonds is 7. The van der Waals surface area contributed by atoms with Crippen molar-refractivity contribution in [3.8, 4) is 0 Å². The van der Waals surface area contributed by atoms with E-state index >= 15 is 0 Å². The van der Waals surface area contributed by atoms with Gasteiger partial charge in [0.1, 0.15) is 5.02 Å². The van der Waals surface area contributed by atoms with Crippen molar-refractivity contribution in [2.45, 2.75) is 26.3 Å². The maximum Gasteiger partial charge on any atom is 0.337 e. The van der Waals surface area contributed by atoms with E-state index in [1.807, 2.05) is 6.92 Å². The van der Waals surface area contributed by atoms with Crippen LogP contribution < -0.4 is 10.6 Å². The molecule has 3 rings (SSSR count). The first kappa shape index (κ1) is 24.7. The van der Waals surface area contributed by atoms with Crippen LogP contribution in [0.3, 0.4) is 0 Å². The fourth-order valence-electron chi connectivity index (χ4n) is 3.69. The van der Waals surface area contributed by atoms with Gasteiger partial charge in [-0.2, -0.15) is 0 Å². The Balaban J connectivity index is 1.93. The number of nitrogens with zero attached hydrogens (tertiary/aromatic N) is 2. The maximum atomic E-state index is 12.7. The molecule has 2 aromatic rings. The number of halogens is 1. The molecule has 0 saturated carbocycles. The summed E-state index contributed by atoms with van der Waals surface area (Å²) >= 11 is 5.81. The fourth-order valence-corrected chi connectivity index (χ4v) is 3.88. The Labute approximate surface area is 200 Å². The van der Waals surface area contributed by atoms with Gasteiger partial charge in [0.25, 0.3) is 11.6 Å². The fraction of sp³-hybridized carbons (Fsp3) is 0.261. The highest BCUT2D eigenvalue weighted by Gasteiger charge is 2.36. The predicted octanol–water partition coefficient (Wildman–Crippen LogP) is 4.42. The van der Waals surface area contributed by atoms with Crippen LogP contribution >= 0.6 is 11.6 Å². The third-order valence-electron chi connectivity index (χ3n) is 5.33. The number of carbonyl (C=O) groups is 3. The second kappa shape index (κ2) is 10.3. The summed E-state index contributed by atoms with van der Waals surface area (Å²) in [5.74, 6) is -1.16. The summed E-state index contributed by atoms with van der Waals surface area (Å²) in [4.78, 5) is 49.9. The van der Waals surface area contributed by atoms with Gasteiger partial charge in [-0.1, -0.05) is 30.7 Å². The summed E-state index contributed by atoms with van der Waals surface area (Å²) < 4.78 is 4.96.